The Labute approximate surface area is 77.0 Å². The van der Waals surface area contributed by atoms with Crippen LogP contribution in [0.15, 0.2) is 12.5 Å². The lowest BCUT2D eigenvalue weighted by Crippen LogP contribution is -1.95. The Bertz CT molecular complexity index is 230. The van der Waals surface area contributed by atoms with Gasteiger partial charge in [-0.15, -0.1) is 24.0 Å². The minimum absolute atomic E-state index is 0. The molecule has 1 aliphatic carbocycles. The van der Waals surface area contributed by atoms with Gasteiger partial charge in [-0.05, 0) is 12.8 Å². The van der Waals surface area contributed by atoms with E-state index in [2.05, 4.69) is 9.55 Å². The van der Waals surface area contributed by atoms with Crippen LogP contribution >= 0.6 is 24.0 Å². The molecule has 0 spiro atoms. The quantitative estimate of drug-likeness (QED) is 0.659. The van der Waals surface area contributed by atoms with Gasteiger partial charge >= 0.3 is 0 Å². The van der Waals surface area contributed by atoms with Gasteiger partial charge in [0.1, 0.15) is 0 Å². The number of rotatable bonds is 2. The molecular formula is C7H10Cl2N2. The first-order chi connectivity index (χ1) is 4.92. The fourth-order valence-corrected chi connectivity index (χ4v) is 1.32. The van der Waals surface area contributed by atoms with E-state index >= 15 is 0 Å². The second-order valence-electron chi connectivity index (χ2n) is 2.66. The van der Waals surface area contributed by atoms with Gasteiger partial charge in [-0.25, -0.2) is 4.98 Å². The predicted octanol–water partition coefficient (Wildman–Crippen LogP) is 2.38. The molecule has 0 radical (unpaired) electrons. The van der Waals surface area contributed by atoms with Gasteiger partial charge in [-0.2, -0.15) is 0 Å². The molecule has 0 atom stereocenters. The van der Waals surface area contributed by atoms with E-state index in [-0.39, 0.29) is 12.4 Å². The van der Waals surface area contributed by atoms with Crippen LogP contribution in [0.25, 0.3) is 0 Å². The Balaban J connectivity index is 0.000000605. The van der Waals surface area contributed by atoms with Crippen molar-refractivity contribution in [1.29, 1.82) is 0 Å². The van der Waals surface area contributed by atoms with Crippen LogP contribution in [0, 0.1) is 0 Å². The van der Waals surface area contributed by atoms with E-state index in [0.717, 1.165) is 5.69 Å². The maximum absolute atomic E-state index is 5.68. The number of alkyl halides is 1. The monoisotopic (exact) mass is 192 g/mol. The minimum atomic E-state index is 0. The summed E-state index contributed by atoms with van der Waals surface area (Å²) in [4.78, 5) is 4.03. The van der Waals surface area contributed by atoms with Crippen molar-refractivity contribution < 1.29 is 0 Å². The molecule has 1 aromatic rings. The summed E-state index contributed by atoms with van der Waals surface area (Å²) >= 11 is 5.68. The summed E-state index contributed by atoms with van der Waals surface area (Å²) in [7, 11) is 0. The second kappa shape index (κ2) is 3.46. The molecule has 1 fully saturated rings. The van der Waals surface area contributed by atoms with E-state index in [1.165, 1.54) is 12.8 Å². The first kappa shape index (κ1) is 8.88. The first-order valence-electron chi connectivity index (χ1n) is 3.48. The first-order valence-corrected chi connectivity index (χ1v) is 4.02. The van der Waals surface area contributed by atoms with Gasteiger partial charge in [0.25, 0.3) is 0 Å². The second-order valence-corrected chi connectivity index (χ2v) is 2.92. The Morgan fingerprint density at radius 1 is 1.64 bits per heavy atom. The molecule has 2 rings (SSSR count). The Hall–Kier alpha value is -0.210. The molecule has 1 aromatic heterocycles. The third kappa shape index (κ3) is 1.68. The molecule has 0 amide bonds. The molecule has 0 N–H and O–H groups in total. The minimum Gasteiger partial charge on any atom is -0.330 e. The van der Waals surface area contributed by atoms with E-state index in [0.29, 0.717) is 11.9 Å². The van der Waals surface area contributed by atoms with Gasteiger partial charge in [0.2, 0.25) is 0 Å². The van der Waals surface area contributed by atoms with Crippen LogP contribution in [0.1, 0.15) is 24.6 Å². The molecule has 62 valence electrons. The van der Waals surface area contributed by atoms with E-state index in [1.54, 1.807) is 0 Å². The zero-order valence-electron chi connectivity index (χ0n) is 6.03. The summed E-state index contributed by atoms with van der Waals surface area (Å²) in [5.74, 6) is 0.580. The third-order valence-corrected chi connectivity index (χ3v) is 2.10. The molecule has 1 heterocycles. The molecule has 0 unspecified atom stereocenters. The fourth-order valence-electron chi connectivity index (χ4n) is 1.12. The van der Waals surface area contributed by atoms with Gasteiger partial charge in [0.05, 0.1) is 17.9 Å². The van der Waals surface area contributed by atoms with Gasteiger partial charge in [0.15, 0.2) is 0 Å². The highest BCUT2D eigenvalue weighted by Gasteiger charge is 2.24. The van der Waals surface area contributed by atoms with Crippen molar-refractivity contribution in [2.45, 2.75) is 24.8 Å². The third-order valence-electron chi connectivity index (χ3n) is 1.82. The summed E-state index contributed by atoms with van der Waals surface area (Å²) in [6.07, 6.45) is 6.29. The Morgan fingerprint density at radius 2 is 2.36 bits per heavy atom. The summed E-state index contributed by atoms with van der Waals surface area (Å²) in [6.45, 7) is 0. The number of imidazole rings is 1. The lowest BCUT2D eigenvalue weighted by atomic mass is 10.5. The molecule has 4 heteroatoms. The van der Waals surface area contributed by atoms with Crippen LogP contribution in [0.2, 0.25) is 0 Å². The van der Waals surface area contributed by atoms with Crippen molar-refractivity contribution in [3.8, 4) is 0 Å². The van der Waals surface area contributed by atoms with Crippen molar-refractivity contribution in [2.24, 2.45) is 0 Å². The molecule has 1 aliphatic rings. The van der Waals surface area contributed by atoms with Gasteiger partial charge in [-0.1, -0.05) is 0 Å². The average molecular weight is 193 g/mol. The molecule has 2 nitrogen and oxygen atoms in total. The molecular weight excluding hydrogens is 183 g/mol. The summed E-state index contributed by atoms with van der Waals surface area (Å²) < 4.78 is 2.17. The molecule has 0 aliphatic heterocycles. The van der Waals surface area contributed by atoms with Crippen molar-refractivity contribution in [3.63, 3.8) is 0 Å². The van der Waals surface area contributed by atoms with Crippen LogP contribution in [-0.2, 0) is 5.88 Å². The molecule has 1 saturated carbocycles. The standard InChI is InChI=1S/C7H9ClN2.ClH/c8-3-7-4-9-5-10(7)6-1-2-6;/h4-6H,1-3H2;1H. The van der Waals surface area contributed by atoms with Gasteiger partial charge < -0.3 is 4.57 Å². The highest BCUT2D eigenvalue weighted by atomic mass is 35.5. The Kier molecular flexibility index (Phi) is 2.79. The molecule has 0 aromatic carbocycles. The lowest BCUT2D eigenvalue weighted by Gasteiger charge is -2.00. The van der Waals surface area contributed by atoms with Crippen molar-refractivity contribution >= 4 is 24.0 Å². The van der Waals surface area contributed by atoms with E-state index in [1.807, 2.05) is 12.5 Å². The number of hydrogen-bond donors (Lipinski definition) is 0. The van der Waals surface area contributed by atoms with Crippen LogP contribution in [0.3, 0.4) is 0 Å². The maximum atomic E-state index is 5.68. The summed E-state index contributed by atoms with van der Waals surface area (Å²) in [5.41, 5.74) is 1.14. The van der Waals surface area contributed by atoms with Gasteiger partial charge in [0, 0.05) is 12.2 Å². The lowest BCUT2D eigenvalue weighted by molar-refractivity contribution is 0.713. The van der Waals surface area contributed by atoms with E-state index in [9.17, 15) is 0 Å². The number of aromatic nitrogens is 2. The van der Waals surface area contributed by atoms with Crippen molar-refractivity contribution in [2.75, 3.05) is 0 Å². The average Bonchev–Trinajstić information content (AvgIpc) is 2.69. The Morgan fingerprint density at radius 3 is 2.91 bits per heavy atom. The highest BCUT2D eigenvalue weighted by molar-refractivity contribution is 6.16. The number of nitrogens with zero attached hydrogens (tertiary/aromatic N) is 2. The predicted molar refractivity (Wildman–Crippen MR) is 47.3 cm³/mol. The molecule has 11 heavy (non-hydrogen) atoms. The molecule has 0 saturated heterocycles. The zero-order valence-corrected chi connectivity index (χ0v) is 7.61. The van der Waals surface area contributed by atoms with Crippen molar-refractivity contribution in [3.05, 3.63) is 18.2 Å². The van der Waals surface area contributed by atoms with Crippen LogP contribution < -0.4 is 0 Å². The van der Waals surface area contributed by atoms with E-state index < -0.39 is 0 Å². The summed E-state index contributed by atoms with van der Waals surface area (Å²) in [6, 6.07) is 0.705. The SMILES string of the molecule is Cl.ClCc1cncn1C1CC1. The number of halogens is 2. The van der Waals surface area contributed by atoms with E-state index in [4.69, 9.17) is 11.6 Å². The van der Waals surface area contributed by atoms with Crippen LogP contribution in [-0.4, -0.2) is 9.55 Å². The van der Waals surface area contributed by atoms with Crippen LogP contribution in [0.4, 0.5) is 0 Å². The zero-order chi connectivity index (χ0) is 6.97. The topological polar surface area (TPSA) is 17.8 Å². The molecule has 0 bridgehead atoms. The fraction of sp³-hybridized carbons (Fsp3) is 0.571. The van der Waals surface area contributed by atoms with Crippen LogP contribution in [0.5, 0.6) is 0 Å². The maximum Gasteiger partial charge on any atom is 0.0951 e. The summed E-state index contributed by atoms with van der Waals surface area (Å²) in [5, 5.41) is 0. The van der Waals surface area contributed by atoms with Crippen molar-refractivity contribution in [1.82, 2.24) is 9.55 Å². The largest absolute Gasteiger partial charge is 0.330 e. The highest BCUT2D eigenvalue weighted by Crippen LogP contribution is 2.35. The smallest absolute Gasteiger partial charge is 0.0951 e. The van der Waals surface area contributed by atoms with Gasteiger partial charge in [-0.3, -0.25) is 0 Å². The number of hydrogen-bond acceptors (Lipinski definition) is 1. The normalized spacial score (nSPS) is 16.1.